The van der Waals surface area contributed by atoms with Gasteiger partial charge in [-0.3, -0.25) is 4.79 Å². The van der Waals surface area contributed by atoms with Crippen LogP contribution >= 0.6 is 0 Å². The van der Waals surface area contributed by atoms with Crippen LogP contribution < -0.4 is 15.5 Å². The number of carboxylic acids is 1. The van der Waals surface area contributed by atoms with E-state index in [-0.39, 0.29) is 18.4 Å². The smallest absolute Gasteiger partial charge is 0.323 e. The predicted molar refractivity (Wildman–Crippen MR) is 145 cm³/mol. The molecule has 0 heterocycles. The number of benzene rings is 2. The van der Waals surface area contributed by atoms with Gasteiger partial charge in [0.25, 0.3) is 0 Å². The second kappa shape index (κ2) is 12.7. The Morgan fingerprint density at radius 3 is 2.33 bits per heavy atom. The second-order valence-corrected chi connectivity index (χ2v) is 10.4. The molecule has 1 fully saturated rings. The van der Waals surface area contributed by atoms with Crippen LogP contribution in [0, 0.1) is 18.7 Å². The Kier molecular flexibility index (Phi) is 9.73. The summed E-state index contributed by atoms with van der Waals surface area (Å²) in [7, 11) is 0. The van der Waals surface area contributed by atoms with Crippen LogP contribution in [0.25, 0.3) is 0 Å². The maximum Gasteiger partial charge on any atom is 0.323 e. The van der Waals surface area contributed by atoms with Crippen molar-refractivity contribution in [3.05, 3.63) is 53.3 Å². The van der Waals surface area contributed by atoms with Crippen molar-refractivity contribution in [1.82, 2.24) is 0 Å². The average Bonchev–Trinajstić information content (AvgIpc) is 2.83. The predicted octanol–water partition coefficient (Wildman–Crippen LogP) is 7.54. The number of aryl methyl sites for hydroxylation is 1. The summed E-state index contributed by atoms with van der Waals surface area (Å²) < 4.78 is 16.0. The number of rotatable bonds is 10. The number of hydrogen-bond acceptors (Lipinski definition) is 3. The molecule has 0 bridgehead atoms. The van der Waals surface area contributed by atoms with Crippen LogP contribution in [0.1, 0.15) is 82.8 Å². The number of halogens is 1. The maximum absolute atomic E-state index is 16.0. The number of hydrogen-bond donors (Lipinski definition) is 3. The van der Waals surface area contributed by atoms with E-state index >= 15 is 4.39 Å². The summed E-state index contributed by atoms with van der Waals surface area (Å²) >= 11 is 0. The Morgan fingerprint density at radius 1 is 1.08 bits per heavy atom. The minimum absolute atomic E-state index is 0.0946. The molecule has 0 aliphatic heterocycles. The van der Waals surface area contributed by atoms with Gasteiger partial charge in [-0.15, -0.1) is 0 Å². The summed E-state index contributed by atoms with van der Waals surface area (Å²) in [5.74, 6) is -1.40. The van der Waals surface area contributed by atoms with Crippen LogP contribution in [0.3, 0.4) is 0 Å². The number of anilines is 3. The minimum atomic E-state index is -0.929. The Bertz CT molecular complexity index is 1030. The highest BCUT2D eigenvalue weighted by atomic mass is 19.1. The molecule has 3 N–H and O–H groups in total. The van der Waals surface area contributed by atoms with Crippen LogP contribution in [0.2, 0.25) is 0 Å². The first-order chi connectivity index (χ1) is 17.2. The van der Waals surface area contributed by atoms with Crippen molar-refractivity contribution in [2.75, 3.05) is 22.1 Å². The number of carbonyl (C=O) groups excluding carboxylic acids is 1. The highest BCUT2D eigenvalue weighted by Gasteiger charge is 2.28. The van der Waals surface area contributed by atoms with Gasteiger partial charge in [0, 0.05) is 18.3 Å². The SMILES string of the molecule is CCC(CC(=O)O)c1cc(F)c(N(CC(C)C)C2CCCCC2)c(NC(=O)Nc2ccc(C)cc2)c1. The van der Waals surface area contributed by atoms with Gasteiger partial charge >= 0.3 is 12.0 Å². The Balaban J connectivity index is 2.02. The molecule has 1 saturated carbocycles. The van der Waals surface area contributed by atoms with Crippen LogP contribution in [-0.4, -0.2) is 29.7 Å². The monoisotopic (exact) mass is 497 g/mol. The zero-order valence-electron chi connectivity index (χ0n) is 21.9. The van der Waals surface area contributed by atoms with E-state index in [2.05, 4.69) is 29.4 Å². The first kappa shape index (κ1) is 27.5. The summed E-state index contributed by atoms with van der Waals surface area (Å²) in [5, 5.41) is 15.1. The first-order valence-electron chi connectivity index (χ1n) is 13.1. The van der Waals surface area contributed by atoms with E-state index in [9.17, 15) is 14.7 Å². The highest BCUT2D eigenvalue weighted by Crippen LogP contribution is 2.39. The molecule has 2 amide bonds. The number of carbonyl (C=O) groups is 2. The lowest BCUT2D eigenvalue weighted by Gasteiger charge is -2.39. The molecule has 2 aromatic carbocycles. The van der Waals surface area contributed by atoms with Gasteiger partial charge in [0.2, 0.25) is 0 Å². The quantitative estimate of drug-likeness (QED) is 0.317. The van der Waals surface area contributed by atoms with Crippen molar-refractivity contribution >= 4 is 29.1 Å². The fourth-order valence-corrected chi connectivity index (χ4v) is 5.08. The van der Waals surface area contributed by atoms with Gasteiger partial charge in [-0.2, -0.15) is 0 Å². The summed E-state index contributed by atoms with van der Waals surface area (Å²) in [5.41, 5.74) is 3.08. The molecule has 36 heavy (non-hydrogen) atoms. The lowest BCUT2D eigenvalue weighted by molar-refractivity contribution is -0.137. The molecule has 3 rings (SSSR count). The van der Waals surface area contributed by atoms with E-state index in [0.29, 0.717) is 41.5 Å². The fourth-order valence-electron chi connectivity index (χ4n) is 5.08. The number of nitrogens with zero attached hydrogens (tertiary/aromatic N) is 1. The molecule has 6 nitrogen and oxygen atoms in total. The molecule has 7 heteroatoms. The normalized spacial score (nSPS) is 14.9. The average molecular weight is 498 g/mol. The Morgan fingerprint density at radius 2 is 1.75 bits per heavy atom. The molecular weight excluding hydrogens is 457 g/mol. The van der Waals surface area contributed by atoms with Gasteiger partial charge < -0.3 is 20.6 Å². The van der Waals surface area contributed by atoms with Gasteiger partial charge in [-0.1, -0.05) is 57.7 Å². The van der Waals surface area contributed by atoms with Gasteiger partial charge in [0.15, 0.2) is 0 Å². The maximum atomic E-state index is 16.0. The van der Waals surface area contributed by atoms with Crippen molar-refractivity contribution in [3.63, 3.8) is 0 Å². The number of aliphatic carboxylic acids is 1. The molecule has 1 aliphatic rings. The molecule has 0 radical (unpaired) electrons. The highest BCUT2D eigenvalue weighted by molar-refractivity contribution is 6.02. The van der Waals surface area contributed by atoms with Gasteiger partial charge in [0.1, 0.15) is 5.82 Å². The number of urea groups is 1. The Labute approximate surface area is 214 Å². The summed E-state index contributed by atoms with van der Waals surface area (Å²) in [6.07, 6.45) is 5.82. The van der Waals surface area contributed by atoms with Crippen LogP contribution in [0.5, 0.6) is 0 Å². The zero-order chi connectivity index (χ0) is 26.2. The Hall–Kier alpha value is -3.09. The largest absolute Gasteiger partial charge is 0.481 e. The molecular formula is C29H40FN3O3. The molecule has 1 aliphatic carbocycles. The van der Waals surface area contributed by atoms with Crippen molar-refractivity contribution in [3.8, 4) is 0 Å². The lowest BCUT2D eigenvalue weighted by atomic mass is 9.90. The first-order valence-corrected chi connectivity index (χ1v) is 13.1. The standard InChI is InChI=1S/C29H40FN3O3/c1-5-21(17-27(34)35)22-15-25(30)28(33(18-19(2)3)24-9-7-6-8-10-24)26(16-22)32-29(36)31-23-13-11-20(4)12-14-23/h11-16,19,21,24H,5-10,17-18H2,1-4H3,(H,34,35)(H2,31,32,36). The molecule has 0 saturated heterocycles. The van der Waals surface area contributed by atoms with Crippen molar-refractivity contribution in [2.45, 2.75) is 84.6 Å². The van der Waals surface area contributed by atoms with E-state index in [0.717, 1.165) is 31.2 Å². The lowest BCUT2D eigenvalue weighted by Crippen LogP contribution is -2.40. The third-order valence-electron chi connectivity index (χ3n) is 6.89. The van der Waals surface area contributed by atoms with Gasteiger partial charge in [-0.05, 0) is 67.9 Å². The summed E-state index contributed by atoms with van der Waals surface area (Å²) in [6, 6.07) is 10.4. The van der Waals surface area contributed by atoms with E-state index < -0.39 is 17.8 Å². The van der Waals surface area contributed by atoms with Crippen molar-refractivity contribution in [2.24, 2.45) is 5.92 Å². The van der Waals surface area contributed by atoms with Crippen molar-refractivity contribution < 1.29 is 19.1 Å². The second-order valence-electron chi connectivity index (χ2n) is 10.4. The van der Waals surface area contributed by atoms with E-state index in [1.54, 1.807) is 6.07 Å². The molecule has 0 aromatic heterocycles. The molecule has 0 spiro atoms. The molecule has 1 unspecified atom stereocenters. The van der Waals surface area contributed by atoms with Crippen LogP contribution in [0.15, 0.2) is 36.4 Å². The number of nitrogens with one attached hydrogen (secondary N) is 2. The molecule has 1 atom stereocenters. The molecule has 2 aromatic rings. The third kappa shape index (κ3) is 7.45. The summed E-state index contributed by atoms with van der Waals surface area (Å²) in [4.78, 5) is 26.6. The minimum Gasteiger partial charge on any atom is -0.481 e. The van der Waals surface area contributed by atoms with Crippen LogP contribution in [-0.2, 0) is 4.79 Å². The van der Waals surface area contributed by atoms with E-state index in [1.807, 2.05) is 38.1 Å². The van der Waals surface area contributed by atoms with Gasteiger partial charge in [0.05, 0.1) is 17.8 Å². The zero-order valence-corrected chi connectivity index (χ0v) is 21.9. The third-order valence-corrected chi connectivity index (χ3v) is 6.89. The van der Waals surface area contributed by atoms with E-state index in [1.165, 1.54) is 12.5 Å². The number of amides is 2. The van der Waals surface area contributed by atoms with Gasteiger partial charge in [-0.25, -0.2) is 9.18 Å². The van der Waals surface area contributed by atoms with E-state index in [4.69, 9.17) is 0 Å². The van der Waals surface area contributed by atoms with Crippen molar-refractivity contribution in [1.29, 1.82) is 0 Å². The number of carboxylic acid groups (broad SMARTS) is 1. The summed E-state index contributed by atoms with van der Waals surface area (Å²) in [6.45, 7) is 8.75. The van der Waals surface area contributed by atoms with Crippen LogP contribution in [0.4, 0.5) is 26.2 Å². The topological polar surface area (TPSA) is 81.7 Å². The fraction of sp³-hybridized carbons (Fsp3) is 0.517. The molecule has 196 valence electrons.